The number of fused-ring (bicyclic) bond motifs is 2. The van der Waals surface area contributed by atoms with Gasteiger partial charge in [-0.1, -0.05) is 24.3 Å². The second-order valence-electron chi connectivity index (χ2n) is 10.8. The van der Waals surface area contributed by atoms with Crippen LogP contribution in [-0.2, 0) is 33.4 Å². The number of morpholine rings is 1. The van der Waals surface area contributed by atoms with Crippen molar-refractivity contribution in [3.8, 4) is 0 Å². The molecule has 0 radical (unpaired) electrons. The monoisotopic (exact) mass is 546 g/mol. The third-order valence-electron chi connectivity index (χ3n) is 8.25. The second-order valence-corrected chi connectivity index (χ2v) is 10.8. The zero-order valence-electron chi connectivity index (χ0n) is 22.3. The lowest BCUT2D eigenvalue weighted by molar-refractivity contribution is -0.158. The molecule has 0 aromatic rings. The normalized spacial score (nSPS) is 36.7. The first-order valence-electron chi connectivity index (χ1n) is 13.9. The van der Waals surface area contributed by atoms with Crippen LogP contribution in [0.1, 0.15) is 19.8 Å². The Morgan fingerprint density at radius 2 is 1.87 bits per heavy atom. The number of β-amino-alcohol motifs (C(OH)–C–C–N with tert-alkyl or cyclic N) is 1. The molecule has 12 heteroatoms. The third kappa shape index (κ3) is 5.34. The Balaban J connectivity index is 1.46. The van der Waals surface area contributed by atoms with Crippen LogP contribution in [0.3, 0.4) is 0 Å². The van der Waals surface area contributed by atoms with Crippen LogP contribution >= 0.6 is 0 Å². The summed E-state index contributed by atoms with van der Waals surface area (Å²) in [5, 5.41) is 12.6. The molecule has 0 saturated carbocycles. The molecule has 0 unspecified atom stereocenters. The van der Waals surface area contributed by atoms with Crippen molar-refractivity contribution in [1.29, 1.82) is 0 Å². The van der Waals surface area contributed by atoms with Crippen LogP contribution in [0.15, 0.2) is 24.3 Å². The van der Waals surface area contributed by atoms with Crippen molar-refractivity contribution in [3.05, 3.63) is 24.3 Å². The van der Waals surface area contributed by atoms with Gasteiger partial charge in [-0.25, -0.2) is 0 Å². The van der Waals surface area contributed by atoms with E-state index >= 15 is 0 Å². The Labute approximate surface area is 227 Å². The Hall–Kier alpha value is -2.80. The minimum atomic E-state index is -1.38. The number of nitrogens with one attached hydrogen (secondary N) is 1. The number of carbonyl (C=O) groups is 4. The smallest absolute Gasteiger partial charge is 0.313 e. The van der Waals surface area contributed by atoms with Gasteiger partial charge >= 0.3 is 5.97 Å². The van der Waals surface area contributed by atoms with Crippen LogP contribution < -0.4 is 5.32 Å². The van der Waals surface area contributed by atoms with E-state index in [4.69, 9.17) is 14.2 Å². The standard InChI is InChI=1S/C27H38N4O8/c1-18-17-28-20(33)6-3-2-5-19-21(26(36)38-18)22-24(34)31(11-14-32)23-25(35)30(8-4-7-27(22,23)39-19)10-9-29-12-15-37-16-13-29/h2,4-5,7,18-19,21-23,32H,3,6,8-17H2,1H3,(H,28,33)/b5-2-/t18-,19-,21+,22+,23-,27+/m0/s1. The summed E-state index contributed by atoms with van der Waals surface area (Å²) in [7, 11) is 0. The number of cyclic esters (lactones) is 1. The molecule has 0 aromatic carbocycles. The van der Waals surface area contributed by atoms with Gasteiger partial charge in [0.1, 0.15) is 23.7 Å². The number of ether oxygens (including phenoxy) is 3. The molecule has 1 spiro atoms. The molecule has 5 aliphatic rings. The number of amides is 3. The minimum Gasteiger partial charge on any atom is -0.460 e. The van der Waals surface area contributed by atoms with Gasteiger partial charge in [-0.05, 0) is 13.3 Å². The zero-order chi connectivity index (χ0) is 27.6. The summed E-state index contributed by atoms with van der Waals surface area (Å²) in [6.45, 7) is 5.85. The summed E-state index contributed by atoms with van der Waals surface area (Å²) < 4.78 is 17.7. The highest BCUT2D eigenvalue weighted by molar-refractivity contribution is 5.99. The number of esters is 1. The molecule has 214 valence electrons. The molecule has 3 amide bonds. The van der Waals surface area contributed by atoms with Crippen LogP contribution in [0.5, 0.6) is 0 Å². The highest BCUT2D eigenvalue weighted by Crippen LogP contribution is 2.53. The van der Waals surface area contributed by atoms with Crippen molar-refractivity contribution >= 4 is 23.7 Å². The molecule has 6 atom stereocenters. The number of allylic oxidation sites excluding steroid dienone is 1. The van der Waals surface area contributed by atoms with E-state index in [0.717, 1.165) is 13.1 Å². The molecule has 12 nitrogen and oxygen atoms in total. The topological polar surface area (TPSA) is 138 Å². The molecule has 5 aliphatic heterocycles. The Kier molecular flexibility index (Phi) is 8.36. The summed E-state index contributed by atoms with van der Waals surface area (Å²) in [5.74, 6) is -3.40. The van der Waals surface area contributed by atoms with Crippen LogP contribution in [0.4, 0.5) is 0 Å². The van der Waals surface area contributed by atoms with Crippen molar-refractivity contribution in [1.82, 2.24) is 20.0 Å². The molecule has 3 saturated heterocycles. The number of likely N-dealkylation sites (tertiary alicyclic amines) is 1. The number of hydrogen-bond donors (Lipinski definition) is 2. The molecule has 0 aromatic heterocycles. The highest BCUT2D eigenvalue weighted by Gasteiger charge is 2.71. The fourth-order valence-electron chi connectivity index (χ4n) is 6.34. The minimum absolute atomic E-state index is 0.0489. The molecular formula is C27H38N4O8. The summed E-state index contributed by atoms with van der Waals surface area (Å²) >= 11 is 0. The van der Waals surface area contributed by atoms with E-state index in [1.54, 1.807) is 30.1 Å². The quantitative estimate of drug-likeness (QED) is 0.318. The van der Waals surface area contributed by atoms with E-state index in [1.165, 1.54) is 4.90 Å². The first kappa shape index (κ1) is 27.8. The lowest BCUT2D eigenvalue weighted by atomic mass is 9.78. The molecule has 0 aliphatic carbocycles. The number of aliphatic hydroxyl groups is 1. The van der Waals surface area contributed by atoms with Gasteiger partial charge in [-0.15, -0.1) is 0 Å². The summed E-state index contributed by atoms with van der Waals surface area (Å²) in [4.78, 5) is 58.9. The van der Waals surface area contributed by atoms with Crippen molar-refractivity contribution in [2.24, 2.45) is 11.8 Å². The lowest BCUT2D eigenvalue weighted by Crippen LogP contribution is -2.56. The molecule has 3 fully saturated rings. The first-order chi connectivity index (χ1) is 18.9. The van der Waals surface area contributed by atoms with Crippen molar-refractivity contribution in [2.45, 2.75) is 43.6 Å². The second kappa shape index (κ2) is 11.7. The maximum absolute atomic E-state index is 14.1. The fraction of sp³-hybridized carbons (Fsp3) is 0.704. The predicted molar refractivity (Wildman–Crippen MR) is 137 cm³/mol. The Bertz CT molecular complexity index is 1030. The SMILES string of the molecule is C[C@H]1CNC(=O)CC/C=C\[C@@H]2O[C@@]34C=CCN(CCN5CCOCC5)C(=O)[C@@H]3N(CCO)C(=O)[C@H]4[C@@H]2C(=O)O1. The van der Waals surface area contributed by atoms with Gasteiger partial charge in [0.25, 0.3) is 0 Å². The number of carbonyl (C=O) groups excluding carboxylic acids is 4. The molecular weight excluding hydrogens is 508 g/mol. The van der Waals surface area contributed by atoms with Gasteiger partial charge < -0.3 is 34.4 Å². The Morgan fingerprint density at radius 1 is 1.08 bits per heavy atom. The molecule has 0 bridgehead atoms. The van der Waals surface area contributed by atoms with Gasteiger partial charge in [-0.3, -0.25) is 24.1 Å². The van der Waals surface area contributed by atoms with Gasteiger partial charge in [0.05, 0.1) is 38.4 Å². The largest absolute Gasteiger partial charge is 0.460 e. The van der Waals surface area contributed by atoms with E-state index in [-0.39, 0.29) is 37.9 Å². The van der Waals surface area contributed by atoms with Gasteiger partial charge in [0.15, 0.2) is 0 Å². The predicted octanol–water partition coefficient (Wildman–Crippen LogP) is -1.31. The van der Waals surface area contributed by atoms with Crippen molar-refractivity contribution in [3.63, 3.8) is 0 Å². The van der Waals surface area contributed by atoms with Gasteiger partial charge in [0, 0.05) is 45.7 Å². The van der Waals surface area contributed by atoms with E-state index in [0.29, 0.717) is 39.3 Å². The third-order valence-corrected chi connectivity index (χ3v) is 8.25. The van der Waals surface area contributed by atoms with Gasteiger partial charge in [0.2, 0.25) is 17.7 Å². The van der Waals surface area contributed by atoms with Crippen LogP contribution in [0.2, 0.25) is 0 Å². The van der Waals surface area contributed by atoms with Crippen LogP contribution in [-0.4, -0.2) is 133 Å². The van der Waals surface area contributed by atoms with Crippen LogP contribution in [0.25, 0.3) is 0 Å². The zero-order valence-corrected chi connectivity index (χ0v) is 22.3. The van der Waals surface area contributed by atoms with Crippen LogP contribution in [0, 0.1) is 11.8 Å². The number of rotatable bonds is 5. The average molecular weight is 547 g/mol. The summed E-state index contributed by atoms with van der Waals surface area (Å²) in [6.07, 6.45) is 6.39. The Morgan fingerprint density at radius 3 is 2.64 bits per heavy atom. The lowest BCUT2D eigenvalue weighted by Gasteiger charge is -2.36. The van der Waals surface area contributed by atoms with E-state index < -0.39 is 47.6 Å². The molecule has 2 N–H and O–H groups in total. The van der Waals surface area contributed by atoms with E-state index in [2.05, 4.69) is 10.2 Å². The van der Waals surface area contributed by atoms with E-state index in [9.17, 15) is 24.3 Å². The maximum atomic E-state index is 14.1. The summed E-state index contributed by atoms with van der Waals surface area (Å²) in [5.41, 5.74) is -1.38. The van der Waals surface area contributed by atoms with Crippen molar-refractivity contribution < 1.29 is 38.5 Å². The summed E-state index contributed by atoms with van der Waals surface area (Å²) in [6, 6.07) is -1.02. The molecule has 5 heterocycles. The highest BCUT2D eigenvalue weighted by atomic mass is 16.6. The number of aliphatic hydroxyl groups excluding tert-OH is 1. The average Bonchev–Trinajstić information content (AvgIpc) is 3.30. The number of nitrogens with zero attached hydrogens (tertiary/aromatic N) is 3. The van der Waals surface area contributed by atoms with E-state index in [1.807, 2.05) is 6.08 Å². The molecule has 39 heavy (non-hydrogen) atoms. The van der Waals surface area contributed by atoms with Crippen molar-refractivity contribution in [2.75, 3.05) is 65.6 Å². The molecule has 5 rings (SSSR count). The first-order valence-corrected chi connectivity index (χ1v) is 13.9. The fourth-order valence-corrected chi connectivity index (χ4v) is 6.34. The maximum Gasteiger partial charge on any atom is 0.313 e. The van der Waals surface area contributed by atoms with Gasteiger partial charge in [-0.2, -0.15) is 0 Å². The number of hydrogen-bond acceptors (Lipinski definition) is 9.